The molecule has 6 nitrogen and oxygen atoms in total. The van der Waals surface area contributed by atoms with Crippen molar-refractivity contribution in [3.05, 3.63) is 41.0 Å². The Labute approximate surface area is 157 Å². The van der Waals surface area contributed by atoms with Crippen molar-refractivity contribution >= 4 is 34.5 Å². The molecule has 3 rings (SSSR count). The smallest absolute Gasteiger partial charge is 0.405 e. The maximum atomic E-state index is 12.7. The van der Waals surface area contributed by atoms with Crippen LogP contribution in [0, 0.1) is 5.92 Å². The van der Waals surface area contributed by atoms with Gasteiger partial charge in [0.25, 0.3) is 0 Å². The van der Waals surface area contributed by atoms with E-state index in [4.69, 9.17) is 22.1 Å². The lowest BCUT2D eigenvalue weighted by molar-refractivity contribution is -0.133. The molecular weight excluding hydrogens is 354 g/mol. The van der Waals surface area contributed by atoms with Gasteiger partial charge in [-0.2, -0.15) is 0 Å². The van der Waals surface area contributed by atoms with E-state index in [1.54, 1.807) is 19.9 Å². The molecule has 2 amide bonds. The van der Waals surface area contributed by atoms with Crippen molar-refractivity contribution in [2.75, 3.05) is 6.54 Å². The van der Waals surface area contributed by atoms with Crippen molar-refractivity contribution in [3.63, 3.8) is 0 Å². The summed E-state index contributed by atoms with van der Waals surface area (Å²) in [6, 6.07) is 9.62. The Kier molecular flexibility index (Phi) is 5.05. The van der Waals surface area contributed by atoms with Crippen LogP contribution in [0.2, 0.25) is 5.15 Å². The summed E-state index contributed by atoms with van der Waals surface area (Å²) < 4.78 is 5.11. The predicted molar refractivity (Wildman–Crippen MR) is 99.6 cm³/mol. The highest BCUT2D eigenvalue weighted by atomic mass is 35.5. The lowest BCUT2D eigenvalue weighted by Crippen LogP contribution is -2.35. The topological polar surface area (TPSA) is 85.5 Å². The molecule has 1 aromatic heterocycles. The van der Waals surface area contributed by atoms with E-state index >= 15 is 0 Å². The van der Waals surface area contributed by atoms with Crippen molar-refractivity contribution in [1.82, 2.24) is 9.88 Å². The average Bonchev–Trinajstić information content (AvgIpc) is 2.86. The molecular formula is C19H22ClN3O3. The van der Waals surface area contributed by atoms with Crippen molar-refractivity contribution < 1.29 is 14.3 Å². The third kappa shape index (κ3) is 4.25. The lowest BCUT2D eigenvalue weighted by atomic mass is 9.92. The van der Waals surface area contributed by atoms with Crippen molar-refractivity contribution in [3.8, 4) is 0 Å². The number of likely N-dealkylation sites (tertiary alicyclic amines) is 1. The van der Waals surface area contributed by atoms with Gasteiger partial charge < -0.3 is 15.4 Å². The molecule has 1 atom stereocenters. The van der Waals surface area contributed by atoms with Gasteiger partial charge in [0.1, 0.15) is 10.8 Å². The van der Waals surface area contributed by atoms with Crippen molar-refractivity contribution in [2.24, 2.45) is 11.7 Å². The highest BCUT2D eigenvalue weighted by Crippen LogP contribution is 2.30. The third-order valence-corrected chi connectivity index (χ3v) is 4.83. The molecule has 0 spiro atoms. The van der Waals surface area contributed by atoms with Crippen molar-refractivity contribution in [2.45, 2.75) is 38.8 Å². The fourth-order valence-corrected chi connectivity index (χ4v) is 3.67. The zero-order valence-corrected chi connectivity index (χ0v) is 15.6. The van der Waals surface area contributed by atoms with Gasteiger partial charge in [0.05, 0.1) is 5.52 Å². The van der Waals surface area contributed by atoms with Crippen LogP contribution in [0.4, 0.5) is 4.79 Å². The number of pyridine rings is 1. The van der Waals surface area contributed by atoms with Gasteiger partial charge >= 0.3 is 6.09 Å². The number of halogens is 1. The Morgan fingerprint density at radius 1 is 1.38 bits per heavy atom. The molecule has 2 aromatic rings. The van der Waals surface area contributed by atoms with E-state index in [0.717, 1.165) is 22.9 Å². The maximum absolute atomic E-state index is 12.7. The number of carbonyl (C=O) groups excluding carboxylic acids is 2. The van der Waals surface area contributed by atoms with Crippen LogP contribution in [0.1, 0.15) is 32.3 Å². The van der Waals surface area contributed by atoms with Crippen LogP contribution in [0.15, 0.2) is 30.3 Å². The van der Waals surface area contributed by atoms with Gasteiger partial charge in [-0.15, -0.1) is 0 Å². The summed E-state index contributed by atoms with van der Waals surface area (Å²) in [5.41, 5.74) is 6.17. The van der Waals surface area contributed by atoms with E-state index in [1.807, 2.05) is 29.2 Å². The van der Waals surface area contributed by atoms with E-state index in [1.165, 1.54) is 0 Å². The molecule has 26 heavy (non-hydrogen) atoms. The summed E-state index contributed by atoms with van der Waals surface area (Å²) in [6.07, 6.45) is 0.377. The summed E-state index contributed by atoms with van der Waals surface area (Å²) >= 11 is 5.96. The van der Waals surface area contributed by atoms with Crippen molar-refractivity contribution in [1.29, 1.82) is 0 Å². The Hall–Kier alpha value is -2.34. The van der Waals surface area contributed by atoms with Gasteiger partial charge in [-0.3, -0.25) is 4.79 Å². The lowest BCUT2D eigenvalue weighted by Gasteiger charge is -2.26. The molecule has 7 heteroatoms. The van der Waals surface area contributed by atoms with E-state index in [9.17, 15) is 9.59 Å². The van der Waals surface area contributed by atoms with E-state index in [2.05, 4.69) is 4.98 Å². The van der Waals surface area contributed by atoms with Gasteiger partial charge in [-0.05, 0) is 50.5 Å². The third-order valence-electron chi connectivity index (χ3n) is 4.62. The molecule has 2 N–H and O–H groups in total. The SMILES string of the molecule is CC(C)(C[C@@H]1CCN(Cc2ccc3ccc(Cl)nc3c2)C1=O)OC(N)=O. The van der Waals surface area contributed by atoms with Crippen LogP contribution in [-0.4, -0.2) is 34.0 Å². The van der Waals surface area contributed by atoms with Gasteiger partial charge in [-0.25, -0.2) is 9.78 Å². The number of aromatic nitrogens is 1. The monoisotopic (exact) mass is 375 g/mol. The Balaban J connectivity index is 1.68. The highest BCUT2D eigenvalue weighted by molar-refractivity contribution is 6.29. The molecule has 0 unspecified atom stereocenters. The molecule has 2 heterocycles. The van der Waals surface area contributed by atoms with Gasteiger partial charge in [-0.1, -0.05) is 23.7 Å². The number of rotatable bonds is 5. The summed E-state index contributed by atoms with van der Waals surface area (Å²) in [5, 5.41) is 1.46. The molecule has 1 saturated heterocycles. The molecule has 1 aliphatic heterocycles. The molecule has 0 aliphatic carbocycles. The second-order valence-electron chi connectivity index (χ2n) is 7.29. The molecule has 0 radical (unpaired) electrons. The molecule has 138 valence electrons. The minimum Gasteiger partial charge on any atom is -0.444 e. The number of amides is 2. The number of hydrogen-bond donors (Lipinski definition) is 1. The molecule has 1 aromatic carbocycles. The van der Waals surface area contributed by atoms with Crippen LogP contribution >= 0.6 is 11.6 Å². The number of benzene rings is 1. The highest BCUT2D eigenvalue weighted by Gasteiger charge is 2.37. The second kappa shape index (κ2) is 7.11. The minimum atomic E-state index is -0.820. The molecule has 0 bridgehead atoms. The second-order valence-corrected chi connectivity index (χ2v) is 7.68. The number of nitrogens with two attached hydrogens (primary N) is 1. The first-order valence-corrected chi connectivity index (χ1v) is 8.94. The fraction of sp³-hybridized carbons (Fsp3) is 0.421. The number of ether oxygens (including phenoxy) is 1. The standard InChI is InChI=1S/C19H22ClN3O3/c1-19(2,26-18(21)25)10-14-7-8-23(17(14)24)11-12-3-4-13-5-6-16(20)22-15(13)9-12/h3-6,9,14H,7-8,10-11H2,1-2H3,(H2,21,25)/t14-/m0/s1. The quantitative estimate of drug-likeness (QED) is 0.810. The Bertz CT molecular complexity index is 853. The first-order valence-electron chi connectivity index (χ1n) is 8.56. The Morgan fingerprint density at radius 3 is 2.85 bits per heavy atom. The molecule has 1 aliphatic rings. The fourth-order valence-electron chi connectivity index (χ4n) is 3.51. The van der Waals surface area contributed by atoms with Crippen LogP contribution < -0.4 is 5.73 Å². The Morgan fingerprint density at radius 2 is 2.12 bits per heavy atom. The van der Waals surface area contributed by atoms with Gasteiger partial charge in [0.15, 0.2) is 0 Å². The number of fused-ring (bicyclic) bond motifs is 1. The summed E-state index contributed by atoms with van der Waals surface area (Å²) in [7, 11) is 0. The van der Waals surface area contributed by atoms with Gasteiger partial charge in [0.2, 0.25) is 5.91 Å². The van der Waals surface area contributed by atoms with Crippen LogP contribution in [0.25, 0.3) is 10.9 Å². The normalized spacial score (nSPS) is 17.7. The number of nitrogens with zero attached hydrogens (tertiary/aromatic N) is 2. The minimum absolute atomic E-state index is 0.0743. The first-order chi connectivity index (χ1) is 12.2. The van der Waals surface area contributed by atoms with Crippen LogP contribution in [0.5, 0.6) is 0 Å². The molecule has 0 saturated carbocycles. The summed E-state index contributed by atoms with van der Waals surface area (Å²) in [4.78, 5) is 29.9. The van der Waals surface area contributed by atoms with E-state index < -0.39 is 11.7 Å². The van der Waals surface area contributed by atoms with E-state index in [0.29, 0.717) is 24.7 Å². The van der Waals surface area contributed by atoms with Crippen LogP contribution in [-0.2, 0) is 16.1 Å². The largest absolute Gasteiger partial charge is 0.444 e. The average molecular weight is 376 g/mol. The zero-order chi connectivity index (χ0) is 18.9. The summed E-state index contributed by atoms with van der Waals surface area (Å²) in [5.74, 6) is -0.0947. The number of carbonyl (C=O) groups is 2. The van der Waals surface area contributed by atoms with Crippen LogP contribution in [0.3, 0.4) is 0 Å². The first kappa shape index (κ1) is 18.5. The zero-order valence-electron chi connectivity index (χ0n) is 14.9. The molecule has 1 fully saturated rings. The van der Waals surface area contributed by atoms with E-state index in [-0.39, 0.29) is 11.8 Å². The predicted octanol–water partition coefficient (Wildman–Crippen LogP) is 3.50. The number of hydrogen-bond acceptors (Lipinski definition) is 4. The summed E-state index contributed by atoms with van der Waals surface area (Å²) in [6.45, 7) is 4.74. The maximum Gasteiger partial charge on any atom is 0.405 e. The van der Waals surface area contributed by atoms with Gasteiger partial charge in [0, 0.05) is 24.4 Å². The number of primary amides is 1.